The third-order valence-electron chi connectivity index (χ3n) is 4.58. The SMILES string of the molecule is CCC1=NOC(Cn2ccc(-c3cccc(-c4cccc(C)n4)c3)n2)C1. The first-order valence-corrected chi connectivity index (χ1v) is 9.01. The highest BCUT2D eigenvalue weighted by molar-refractivity contribution is 5.85. The fourth-order valence-corrected chi connectivity index (χ4v) is 3.16. The summed E-state index contributed by atoms with van der Waals surface area (Å²) in [5.41, 5.74) is 6.26. The maximum Gasteiger partial charge on any atom is 0.152 e. The molecule has 1 aromatic carbocycles. The van der Waals surface area contributed by atoms with Crippen LogP contribution in [0.2, 0.25) is 0 Å². The summed E-state index contributed by atoms with van der Waals surface area (Å²) in [6, 6.07) is 16.5. The van der Waals surface area contributed by atoms with Crippen molar-refractivity contribution in [1.82, 2.24) is 14.8 Å². The summed E-state index contributed by atoms with van der Waals surface area (Å²) in [6.07, 6.45) is 3.92. The minimum Gasteiger partial charge on any atom is -0.390 e. The van der Waals surface area contributed by atoms with E-state index in [1.165, 1.54) is 0 Å². The van der Waals surface area contributed by atoms with Crippen molar-refractivity contribution in [1.29, 1.82) is 0 Å². The van der Waals surface area contributed by atoms with Crippen molar-refractivity contribution >= 4 is 5.71 Å². The number of hydrogen-bond acceptors (Lipinski definition) is 4. The van der Waals surface area contributed by atoms with Gasteiger partial charge in [-0.3, -0.25) is 9.67 Å². The predicted molar refractivity (Wildman–Crippen MR) is 103 cm³/mol. The van der Waals surface area contributed by atoms with E-state index in [-0.39, 0.29) is 6.10 Å². The Morgan fingerprint density at radius 1 is 1.08 bits per heavy atom. The first-order valence-electron chi connectivity index (χ1n) is 9.01. The molecule has 132 valence electrons. The molecule has 0 spiro atoms. The van der Waals surface area contributed by atoms with Crippen molar-refractivity contribution < 1.29 is 4.84 Å². The Kier molecular flexibility index (Phi) is 4.52. The molecule has 1 atom stereocenters. The van der Waals surface area contributed by atoms with Gasteiger partial charge in [0.15, 0.2) is 6.10 Å². The molecule has 0 N–H and O–H groups in total. The van der Waals surface area contributed by atoms with Crippen LogP contribution in [-0.4, -0.2) is 26.6 Å². The molecular formula is C21H22N4O. The number of nitrogens with zero attached hydrogens (tertiary/aromatic N) is 4. The van der Waals surface area contributed by atoms with Crippen LogP contribution in [0.3, 0.4) is 0 Å². The van der Waals surface area contributed by atoms with Gasteiger partial charge in [0.2, 0.25) is 0 Å². The van der Waals surface area contributed by atoms with Gasteiger partial charge in [0, 0.05) is 29.4 Å². The molecule has 0 saturated carbocycles. The zero-order valence-electron chi connectivity index (χ0n) is 15.1. The van der Waals surface area contributed by atoms with E-state index < -0.39 is 0 Å². The first-order chi connectivity index (χ1) is 12.7. The van der Waals surface area contributed by atoms with Crippen molar-refractivity contribution in [3.8, 4) is 22.5 Å². The topological polar surface area (TPSA) is 52.3 Å². The number of pyridine rings is 1. The zero-order valence-corrected chi connectivity index (χ0v) is 15.1. The molecule has 5 heteroatoms. The van der Waals surface area contributed by atoms with Crippen LogP contribution in [0.25, 0.3) is 22.5 Å². The average molecular weight is 346 g/mol. The Morgan fingerprint density at radius 3 is 2.65 bits per heavy atom. The first kappa shape index (κ1) is 16.5. The lowest BCUT2D eigenvalue weighted by Gasteiger charge is -2.08. The molecule has 5 nitrogen and oxygen atoms in total. The Hall–Kier alpha value is -2.95. The summed E-state index contributed by atoms with van der Waals surface area (Å²) in [5.74, 6) is 0. The molecule has 1 unspecified atom stereocenters. The van der Waals surface area contributed by atoms with E-state index in [4.69, 9.17) is 9.94 Å². The second-order valence-electron chi connectivity index (χ2n) is 6.61. The molecule has 3 aromatic rings. The van der Waals surface area contributed by atoms with Crippen LogP contribution >= 0.6 is 0 Å². The lowest BCUT2D eigenvalue weighted by atomic mass is 10.1. The largest absolute Gasteiger partial charge is 0.390 e. The molecule has 26 heavy (non-hydrogen) atoms. The molecule has 4 rings (SSSR count). The Balaban J connectivity index is 1.52. The molecule has 1 aliphatic heterocycles. The average Bonchev–Trinajstić information content (AvgIpc) is 3.32. The lowest BCUT2D eigenvalue weighted by molar-refractivity contribution is 0.0698. The van der Waals surface area contributed by atoms with Crippen LogP contribution < -0.4 is 0 Å². The summed E-state index contributed by atoms with van der Waals surface area (Å²) >= 11 is 0. The molecule has 2 aromatic heterocycles. The predicted octanol–water partition coefficient (Wildman–Crippen LogP) is 4.48. The second kappa shape index (κ2) is 7.12. The van der Waals surface area contributed by atoms with Crippen molar-refractivity contribution in [3.63, 3.8) is 0 Å². The maximum absolute atomic E-state index is 5.48. The van der Waals surface area contributed by atoms with Crippen LogP contribution in [-0.2, 0) is 11.4 Å². The van der Waals surface area contributed by atoms with E-state index in [1.54, 1.807) is 0 Å². The molecule has 0 fully saturated rings. The number of hydrogen-bond donors (Lipinski definition) is 0. The highest BCUT2D eigenvalue weighted by Crippen LogP contribution is 2.25. The van der Waals surface area contributed by atoms with Gasteiger partial charge in [-0.15, -0.1) is 0 Å². The second-order valence-corrected chi connectivity index (χ2v) is 6.61. The van der Waals surface area contributed by atoms with Crippen molar-refractivity contribution in [2.45, 2.75) is 39.3 Å². The summed E-state index contributed by atoms with van der Waals surface area (Å²) in [5, 5.41) is 8.83. The number of benzene rings is 1. The van der Waals surface area contributed by atoms with Crippen LogP contribution in [0.4, 0.5) is 0 Å². The zero-order chi connectivity index (χ0) is 17.9. The van der Waals surface area contributed by atoms with Crippen LogP contribution in [0.15, 0.2) is 59.9 Å². The van der Waals surface area contributed by atoms with E-state index in [0.29, 0.717) is 6.54 Å². The van der Waals surface area contributed by atoms with Gasteiger partial charge in [-0.2, -0.15) is 5.10 Å². The Morgan fingerprint density at radius 2 is 1.88 bits per heavy atom. The molecule has 0 aliphatic carbocycles. The third-order valence-corrected chi connectivity index (χ3v) is 4.58. The highest BCUT2D eigenvalue weighted by Gasteiger charge is 2.20. The van der Waals surface area contributed by atoms with Gasteiger partial charge in [0.25, 0.3) is 0 Å². The standard InChI is InChI=1S/C21H22N4O/c1-3-18-13-19(26-24-18)14-25-11-10-21(23-25)17-8-5-7-16(12-17)20-9-4-6-15(2)22-20/h4-12,19H,3,13-14H2,1-2H3. The van der Waals surface area contributed by atoms with Crippen molar-refractivity contribution in [3.05, 3.63) is 60.4 Å². The van der Waals surface area contributed by atoms with Crippen LogP contribution in [0.1, 0.15) is 25.5 Å². The van der Waals surface area contributed by atoms with Gasteiger partial charge in [0.05, 0.1) is 23.6 Å². The van der Waals surface area contributed by atoms with E-state index in [0.717, 1.165) is 46.8 Å². The summed E-state index contributed by atoms with van der Waals surface area (Å²) in [4.78, 5) is 10.1. The van der Waals surface area contributed by atoms with Crippen LogP contribution in [0.5, 0.6) is 0 Å². The van der Waals surface area contributed by atoms with E-state index in [2.05, 4.69) is 41.3 Å². The highest BCUT2D eigenvalue weighted by atomic mass is 16.6. The molecular weight excluding hydrogens is 324 g/mol. The summed E-state index contributed by atoms with van der Waals surface area (Å²) in [6.45, 7) is 4.83. The van der Waals surface area contributed by atoms with E-state index in [9.17, 15) is 0 Å². The van der Waals surface area contributed by atoms with Gasteiger partial charge in [-0.25, -0.2) is 0 Å². The minimum atomic E-state index is 0.0838. The van der Waals surface area contributed by atoms with Crippen LogP contribution in [0, 0.1) is 6.92 Å². The third kappa shape index (κ3) is 3.52. The number of aryl methyl sites for hydroxylation is 1. The minimum absolute atomic E-state index is 0.0838. The molecule has 1 aliphatic rings. The van der Waals surface area contributed by atoms with Gasteiger partial charge < -0.3 is 4.84 Å². The summed E-state index contributed by atoms with van der Waals surface area (Å²) < 4.78 is 1.94. The Labute approximate surface area is 153 Å². The van der Waals surface area contributed by atoms with Gasteiger partial charge in [-0.05, 0) is 37.6 Å². The number of oxime groups is 1. The maximum atomic E-state index is 5.48. The number of rotatable bonds is 5. The smallest absolute Gasteiger partial charge is 0.152 e. The van der Waals surface area contributed by atoms with E-state index in [1.807, 2.05) is 42.1 Å². The lowest BCUT2D eigenvalue weighted by Crippen LogP contribution is -2.16. The Bertz CT molecular complexity index is 944. The molecule has 0 amide bonds. The van der Waals surface area contributed by atoms with Gasteiger partial charge in [-0.1, -0.05) is 36.3 Å². The molecule has 0 saturated heterocycles. The fourth-order valence-electron chi connectivity index (χ4n) is 3.16. The van der Waals surface area contributed by atoms with Crippen molar-refractivity contribution in [2.24, 2.45) is 5.16 Å². The molecule has 0 bridgehead atoms. The molecule has 0 radical (unpaired) electrons. The van der Waals surface area contributed by atoms with Gasteiger partial charge >= 0.3 is 0 Å². The number of aromatic nitrogens is 3. The van der Waals surface area contributed by atoms with Gasteiger partial charge in [0.1, 0.15) is 0 Å². The fraction of sp³-hybridized carbons (Fsp3) is 0.286. The quantitative estimate of drug-likeness (QED) is 0.684. The van der Waals surface area contributed by atoms with Crippen molar-refractivity contribution in [2.75, 3.05) is 0 Å². The normalized spacial score (nSPS) is 16.4. The molecule has 3 heterocycles. The monoisotopic (exact) mass is 346 g/mol. The van der Waals surface area contributed by atoms with E-state index >= 15 is 0 Å². The summed E-state index contributed by atoms with van der Waals surface area (Å²) in [7, 11) is 0.